The number of carbonyl (C=O) groups excluding carboxylic acids is 3. The number of esters is 1. The van der Waals surface area contributed by atoms with Gasteiger partial charge in [-0.2, -0.15) is 17.5 Å². The Labute approximate surface area is 240 Å². The number of likely N-dealkylation sites (tertiary alicyclic amines) is 1. The number of imide groups is 1. The molecule has 2 fully saturated rings. The van der Waals surface area contributed by atoms with Crippen molar-refractivity contribution in [2.45, 2.75) is 36.5 Å². The molecule has 42 heavy (non-hydrogen) atoms. The molecular weight excluding hydrogens is 583 g/mol. The highest BCUT2D eigenvalue weighted by molar-refractivity contribution is 7.89. The van der Waals surface area contributed by atoms with Gasteiger partial charge >= 0.3 is 18.1 Å². The first kappa shape index (κ1) is 32.7. The number of alkyl halides is 3. The summed E-state index contributed by atoms with van der Waals surface area (Å²) in [4.78, 5) is 48.4. The summed E-state index contributed by atoms with van der Waals surface area (Å²) in [7, 11) is -1.32. The molecule has 2 heterocycles. The minimum atomic E-state index is -5.08. The third-order valence-electron chi connectivity index (χ3n) is 7.32. The van der Waals surface area contributed by atoms with E-state index in [1.54, 1.807) is 31.2 Å². The molecule has 11 nitrogen and oxygen atoms in total. The van der Waals surface area contributed by atoms with Crippen molar-refractivity contribution in [1.29, 1.82) is 0 Å². The number of benzene rings is 2. The van der Waals surface area contributed by atoms with Crippen LogP contribution < -0.4 is 5.32 Å². The summed E-state index contributed by atoms with van der Waals surface area (Å²) < 4.78 is 64.9. The van der Waals surface area contributed by atoms with Crippen LogP contribution in [0.1, 0.15) is 13.8 Å². The zero-order valence-electron chi connectivity index (χ0n) is 23.1. The number of hydrogen-bond donors (Lipinski definition) is 2. The van der Waals surface area contributed by atoms with Gasteiger partial charge in [0.25, 0.3) is 0 Å². The van der Waals surface area contributed by atoms with Crippen LogP contribution in [0.25, 0.3) is 11.1 Å². The van der Waals surface area contributed by atoms with Crippen molar-refractivity contribution in [2.24, 2.45) is 11.8 Å². The molecule has 2 aliphatic rings. The molecule has 4 rings (SSSR count). The average molecular weight is 614 g/mol. The molecule has 0 radical (unpaired) electrons. The molecule has 0 aromatic heterocycles. The number of sulfonamides is 1. The van der Waals surface area contributed by atoms with Crippen LogP contribution in [0.3, 0.4) is 0 Å². The van der Waals surface area contributed by atoms with Gasteiger partial charge in [-0.1, -0.05) is 49.4 Å². The van der Waals surface area contributed by atoms with Crippen molar-refractivity contribution < 1.29 is 50.6 Å². The lowest BCUT2D eigenvalue weighted by molar-refractivity contribution is -0.192. The molecule has 228 valence electrons. The predicted octanol–water partition coefficient (Wildman–Crippen LogP) is 2.13. The van der Waals surface area contributed by atoms with E-state index >= 15 is 0 Å². The molecule has 2 aliphatic heterocycles. The van der Waals surface area contributed by atoms with Gasteiger partial charge in [0, 0.05) is 26.2 Å². The zero-order valence-corrected chi connectivity index (χ0v) is 23.9. The second-order valence-corrected chi connectivity index (χ2v) is 11.8. The van der Waals surface area contributed by atoms with Gasteiger partial charge in [0.15, 0.2) is 0 Å². The van der Waals surface area contributed by atoms with E-state index in [0.717, 1.165) is 16.0 Å². The molecule has 2 N–H and O–H groups in total. The largest absolute Gasteiger partial charge is 0.490 e. The first-order valence-corrected chi connectivity index (χ1v) is 14.1. The Hall–Kier alpha value is -3.82. The van der Waals surface area contributed by atoms with Gasteiger partial charge in [-0.15, -0.1) is 0 Å². The molecule has 2 amide bonds. The van der Waals surface area contributed by atoms with Crippen LogP contribution >= 0.6 is 0 Å². The molecule has 2 aromatic carbocycles. The van der Waals surface area contributed by atoms with E-state index in [1.807, 2.05) is 30.3 Å². The fourth-order valence-corrected chi connectivity index (χ4v) is 6.66. The molecule has 0 saturated carbocycles. The maximum Gasteiger partial charge on any atom is 0.490 e. The number of likely N-dealkylation sites (N-methyl/N-ethyl adjacent to an activating group) is 1. The van der Waals surface area contributed by atoms with Crippen LogP contribution in [0.15, 0.2) is 59.5 Å². The summed E-state index contributed by atoms with van der Waals surface area (Å²) in [6, 6.07) is 15.5. The summed E-state index contributed by atoms with van der Waals surface area (Å²) >= 11 is 0. The predicted molar refractivity (Wildman–Crippen MR) is 142 cm³/mol. The van der Waals surface area contributed by atoms with Gasteiger partial charge in [0.2, 0.25) is 21.8 Å². The fraction of sp³-hybridized carbons (Fsp3) is 0.407. The highest BCUT2D eigenvalue weighted by atomic mass is 32.2. The summed E-state index contributed by atoms with van der Waals surface area (Å²) in [5, 5.41) is 10.2. The molecule has 15 heteroatoms. The number of fused-ring (bicyclic) bond motifs is 1. The summed E-state index contributed by atoms with van der Waals surface area (Å²) in [5.74, 6) is -6.19. The minimum Gasteiger partial charge on any atom is -0.475 e. The van der Waals surface area contributed by atoms with Crippen LogP contribution in [-0.2, 0) is 33.9 Å². The van der Waals surface area contributed by atoms with E-state index in [2.05, 4.69) is 5.32 Å². The average Bonchev–Trinajstić information content (AvgIpc) is 3.38. The lowest BCUT2D eigenvalue weighted by Gasteiger charge is -2.29. The number of rotatable bonds is 7. The van der Waals surface area contributed by atoms with Crippen molar-refractivity contribution in [2.75, 3.05) is 27.2 Å². The van der Waals surface area contributed by atoms with Gasteiger partial charge in [-0.05, 0) is 30.2 Å². The number of ether oxygens (including phenoxy) is 1. The Kier molecular flexibility index (Phi) is 9.49. The molecule has 0 unspecified atom stereocenters. The Morgan fingerprint density at radius 1 is 1.05 bits per heavy atom. The Morgan fingerprint density at radius 3 is 2.05 bits per heavy atom. The summed E-state index contributed by atoms with van der Waals surface area (Å²) in [6.07, 6.45) is -5.08. The summed E-state index contributed by atoms with van der Waals surface area (Å²) in [5.41, 5.74) is 0.419. The van der Waals surface area contributed by atoms with Gasteiger partial charge in [0.05, 0.1) is 23.8 Å². The van der Waals surface area contributed by atoms with Crippen molar-refractivity contribution in [3.05, 3.63) is 54.6 Å². The van der Waals surface area contributed by atoms with Crippen molar-refractivity contribution in [1.82, 2.24) is 14.5 Å². The van der Waals surface area contributed by atoms with Crippen LogP contribution in [0, 0.1) is 11.8 Å². The summed E-state index contributed by atoms with van der Waals surface area (Å²) in [6.45, 7) is 3.29. The molecule has 2 saturated heterocycles. The van der Waals surface area contributed by atoms with Crippen molar-refractivity contribution >= 4 is 33.8 Å². The van der Waals surface area contributed by atoms with Crippen LogP contribution in [-0.4, -0.2) is 91.5 Å². The van der Waals surface area contributed by atoms with Gasteiger partial charge in [-0.25, -0.2) is 13.2 Å². The van der Waals surface area contributed by atoms with Crippen LogP contribution in [0.4, 0.5) is 13.2 Å². The third kappa shape index (κ3) is 6.17. The highest BCUT2D eigenvalue weighted by Gasteiger charge is 2.66. The lowest BCUT2D eigenvalue weighted by Crippen LogP contribution is -2.56. The number of amides is 2. The number of carboxylic acid groups (broad SMARTS) is 1. The number of halogens is 3. The molecule has 0 bridgehead atoms. The second-order valence-electron chi connectivity index (χ2n) is 9.83. The molecular formula is C27H30F3N3O8S. The van der Waals surface area contributed by atoms with Crippen molar-refractivity contribution in [3.63, 3.8) is 0 Å². The minimum absolute atomic E-state index is 0.0835. The quantitative estimate of drug-likeness (QED) is 0.354. The number of nitrogens with zero attached hydrogens (tertiary/aromatic N) is 2. The standard InChI is InChI=1S/C25H29N3O6S.C2HF3O2/c1-5-28(35(32,33)18-13-11-17(12-14-18)16-9-7-6-8-10-16)15-19-20-21(23(30)27(3)22(20)29)25(2,26-19)24(31)34-4;3-2(4,5)1(6)7/h6-14,19-21,26H,5,15H2,1-4H3;(H,6,7)/t19-,20+,21-,25-;/m1./s1. The van der Waals surface area contributed by atoms with E-state index in [4.69, 9.17) is 14.6 Å². The van der Waals surface area contributed by atoms with E-state index < -0.39 is 63.4 Å². The van der Waals surface area contributed by atoms with E-state index in [-0.39, 0.29) is 18.0 Å². The van der Waals surface area contributed by atoms with Crippen LogP contribution in [0.2, 0.25) is 0 Å². The van der Waals surface area contributed by atoms with Gasteiger partial charge in [-0.3, -0.25) is 24.6 Å². The SMILES string of the molecule is CCN(C[C@H]1N[C@@](C)(C(=O)OC)[C@H]2C(=O)N(C)C(=O)[C@@H]12)S(=O)(=O)c1ccc(-c2ccccc2)cc1.O=C(O)C(F)(F)F. The maximum absolute atomic E-state index is 13.5. The highest BCUT2D eigenvalue weighted by Crippen LogP contribution is 2.43. The fourth-order valence-electron chi connectivity index (χ4n) is 5.18. The molecule has 2 aromatic rings. The topological polar surface area (TPSA) is 150 Å². The first-order valence-electron chi connectivity index (χ1n) is 12.6. The lowest BCUT2D eigenvalue weighted by atomic mass is 9.81. The van der Waals surface area contributed by atoms with Gasteiger partial charge in [0.1, 0.15) is 5.54 Å². The van der Waals surface area contributed by atoms with Crippen molar-refractivity contribution in [3.8, 4) is 11.1 Å². The first-order chi connectivity index (χ1) is 19.5. The third-order valence-corrected chi connectivity index (χ3v) is 9.27. The zero-order chi connectivity index (χ0) is 31.6. The molecule has 4 atom stereocenters. The number of aliphatic carboxylic acids is 1. The van der Waals surface area contributed by atoms with Crippen LogP contribution in [0.5, 0.6) is 0 Å². The normalized spacial score (nSPS) is 23.8. The van der Waals surface area contributed by atoms with E-state index in [0.29, 0.717) is 0 Å². The second kappa shape index (κ2) is 12.2. The Bertz CT molecular complexity index is 1450. The number of carbonyl (C=O) groups is 4. The Balaban J connectivity index is 0.000000616. The smallest absolute Gasteiger partial charge is 0.475 e. The molecule has 0 spiro atoms. The number of hydrogen-bond acceptors (Lipinski definition) is 8. The number of methoxy groups -OCH3 is 1. The number of carboxylic acids is 1. The maximum atomic E-state index is 13.5. The molecule has 0 aliphatic carbocycles. The number of nitrogens with one attached hydrogen (secondary N) is 1. The Morgan fingerprint density at radius 2 is 1.57 bits per heavy atom. The van der Waals surface area contributed by atoms with Gasteiger partial charge < -0.3 is 9.84 Å². The van der Waals surface area contributed by atoms with E-state index in [1.165, 1.54) is 25.4 Å². The van der Waals surface area contributed by atoms with E-state index in [9.17, 15) is 36.0 Å². The monoisotopic (exact) mass is 613 g/mol.